The van der Waals surface area contributed by atoms with E-state index in [2.05, 4.69) is 191 Å². The minimum atomic E-state index is 0.686. The van der Waals surface area contributed by atoms with Gasteiger partial charge in [0.05, 0.1) is 33.3 Å². The Hall–Kier alpha value is -6.95. The molecule has 4 heterocycles. The second-order valence-electron chi connectivity index (χ2n) is 14.2. The van der Waals surface area contributed by atoms with Crippen LogP contribution in [-0.2, 0) is 0 Å². The summed E-state index contributed by atoms with van der Waals surface area (Å²) in [4.78, 5) is 13.0. The van der Waals surface area contributed by atoms with Crippen molar-refractivity contribution in [2.24, 2.45) is 0 Å². The second-order valence-corrected chi connectivity index (χ2v) is 15.3. The molecule has 0 unspecified atom stereocenters. The normalized spacial score (nSPS) is 12.3. The zero-order valence-electron chi connectivity index (χ0n) is 29.5. The molecule has 5 heteroatoms. The zero-order chi connectivity index (χ0) is 36.0. The molecule has 0 fully saturated rings. The highest BCUT2D eigenvalue weighted by Crippen LogP contribution is 2.47. The molecule has 0 bridgehead atoms. The van der Waals surface area contributed by atoms with Crippen molar-refractivity contribution in [3.63, 3.8) is 0 Å². The number of nitrogens with zero attached hydrogens (tertiary/aromatic N) is 4. The van der Waals surface area contributed by atoms with E-state index >= 15 is 0 Å². The molecule has 0 atom stereocenters. The van der Waals surface area contributed by atoms with Gasteiger partial charge in [-0.15, -0.1) is 0 Å². The molecule has 4 nitrogen and oxygen atoms in total. The number of rotatable bonds is 4. The van der Waals surface area contributed by atoms with Crippen molar-refractivity contribution in [1.82, 2.24) is 19.1 Å². The van der Waals surface area contributed by atoms with Gasteiger partial charge in [-0.1, -0.05) is 127 Å². The molecular formula is C50H30N4S. The molecule has 11 aromatic rings. The lowest BCUT2D eigenvalue weighted by molar-refractivity contribution is 1.01. The van der Waals surface area contributed by atoms with Crippen LogP contribution in [0.1, 0.15) is 0 Å². The Morgan fingerprint density at radius 2 is 0.945 bits per heavy atom. The third-order valence-electron chi connectivity index (χ3n) is 11.1. The van der Waals surface area contributed by atoms with Crippen molar-refractivity contribution in [2.45, 2.75) is 9.79 Å². The van der Waals surface area contributed by atoms with E-state index in [-0.39, 0.29) is 0 Å². The first kappa shape index (κ1) is 30.5. The number of hydrogen-bond acceptors (Lipinski definition) is 3. The lowest BCUT2D eigenvalue weighted by Crippen LogP contribution is -2.05. The maximum absolute atomic E-state index is 5.34. The molecule has 12 rings (SSSR count). The lowest BCUT2D eigenvalue weighted by atomic mass is 10.0. The van der Waals surface area contributed by atoms with Crippen molar-refractivity contribution in [1.29, 1.82) is 0 Å². The fraction of sp³-hybridized carbons (Fsp3) is 0. The molecule has 3 aromatic heterocycles. The van der Waals surface area contributed by atoms with Gasteiger partial charge in [0.1, 0.15) is 0 Å². The van der Waals surface area contributed by atoms with Gasteiger partial charge in [-0.05, 0) is 89.0 Å². The summed E-state index contributed by atoms with van der Waals surface area (Å²) in [5.41, 5.74) is 13.6. The van der Waals surface area contributed by atoms with Crippen molar-refractivity contribution in [2.75, 3.05) is 0 Å². The summed E-state index contributed by atoms with van der Waals surface area (Å²) in [6.07, 6.45) is 0. The lowest BCUT2D eigenvalue weighted by Gasteiger charge is -2.20. The van der Waals surface area contributed by atoms with Gasteiger partial charge in [-0.2, -0.15) is 0 Å². The maximum atomic E-state index is 5.34. The first-order valence-electron chi connectivity index (χ1n) is 18.6. The maximum Gasteiger partial charge on any atom is 0.235 e. The molecule has 8 aromatic carbocycles. The van der Waals surface area contributed by atoms with Gasteiger partial charge in [0, 0.05) is 48.0 Å². The number of benzene rings is 8. The van der Waals surface area contributed by atoms with Crippen LogP contribution in [0.15, 0.2) is 192 Å². The van der Waals surface area contributed by atoms with Gasteiger partial charge >= 0.3 is 0 Å². The fourth-order valence-corrected chi connectivity index (χ4v) is 9.73. The van der Waals surface area contributed by atoms with Crippen molar-refractivity contribution in [3.8, 4) is 45.1 Å². The standard InChI is InChI=1S/C50H30N4S/c1-2-11-31(12-3-1)32-21-25-35(26-22-32)53-42-17-7-4-13-36(42)39-29-33(23-27-44(39)53)34-24-28-45-40(30-34)37-14-5-8-18-43(37)54(45)50-51-41-16-10-20-47-48(41)49(52-50)38-15-6-9-19-46(38)55-47/h1-30H. The Morgan fingerprint density at radius 1 is 0.382 bits per heavy atom. The topological polar surface area (TPSA) is 35.6 Å². The van der Waals surface area contributed by atoms with Gasteiger partial charge < -0.3 is 4.57 Å². The molecule has 1 aliphatic heterocycles. The fourth-order valence-electron chi connectivity index (χ4n) is 8.62. The Kier molecular flexibility index (Phi) is 6.53. The summed E-state index contributed by atoms with van der Waals surface area (Å²) in [5.74, 6) is 0.686. The van der Waals surface area contributed by atoms with Crippen LogP contribution in [0.2, 0.25) is 0 Å². The van der Waals surface area contributed by atoms with Crippen LogP contribution in [-0.4, -0.2) is 19.1 Å². The van der Waals surface area contributed by atoms with Crippen LogP contribution in [0.4, 0.5) is 0 Å². The van der Waals surface area contributed by atoms with E-state index in [4.69, 9.17) is 9.97 Å². The number of fused-ring (bicyclic) bond motifs is 8. The Bertz CT molecular complexity index is 3340. The largest absolute Gasteiger partial charge is 0.309 e. The van der Waals surface area contributed by atoms with E-state index in [1.807, 2.05) is 0 Å². The van der Waals surface area contributed by atoms with Crippen LogP contribution in [0.3, 0.4) is 0 Å². The Morgan fingerprint density at radius 3 is 1.69 bits per heavy atom. The highest BCUT2D eigenvalue weighted by Gasteiger charge is 2.24. The highest BCUT2D eigenvalue weighted by atomic mass is 32.2. The average molecular weight is 719 g/mol. The van der Waals surface area contributed by atoms with Crippen LogP contribution in [0.5, 0.6) is 0 Å². The summed E-state index contributed by atoms with van der Waals surface area (Å²) in [7, 11) is 0. The minimum Gasteiger partial charge on any atom is -0.309 e. The zero-order valence-corrected chi connectivity index (χ0v) is 30.3. The average Bonchev–Trinajstić information content (AvgIpc) is 3.76. The number of aromatic nitrogens is 4. The number of para-hydroxylation sites is 2. The first-order valence-corrected chi connectivity index (χ1v) is 19.4. The molecule has 1 aliphatic rings. The molecule has 55 heavy (non-hydrogen) atoms. The second kappa shape index (κ2) is 11.8. The summed E-state index contributed by atoms with van der Waals surface area (Å²) < 4.78 is 4.62. The summed E-state index contributed by atoms with van der Waals surface area (Å²) in [6.45, 7) is 0. The van der Waals surface area contributed by atoms with Crippen molar-refractivity contribution in [3.05, 3.63) is 182 Å². The molecule has 0 N–H and O–H groups in total. The Balaban J connectivity index is 1.01. The van der Waals surface area contributed by atoms with Gasteiger partial charge in [-0.3, -0.25) is 4.57 Å². The van der Waals surface area contributed by atoms with E-state index < -0.39 is 0 Å². The molecule has 0 radical (unpaired) electrons. The molecule has 0 saturated carbocycles. The summed E-state index contributed by atoms with van der Waals surface area (Å²) in [6, 6.07) is 65.5. The van der Waals surface area contributed by atoms with E-state index in [9.17, 15) is 0 Å². The van der Waals surface area contributed by atoms with Gasteiger partial charge in [0.15, 0.2) is 0 Å². The van der Waals surface area contributed by atoms with Crippen LogP contribution in [0, 0.1) is 0 Å². The van der Waals surface area contributed by atoms with Gasteiger partial charge in [0.2, 0.25) is 5.95 Å². The predicted octanol–water partition coefficient (Wildman–Crippen LogP) is 13.3. The first-order chi connectivity index (χ1) is 27.3. The van der Waals surface area contributed by atoms with Gasteiger partial charge in [-0.25, -0.2) is 9.97 Å². The minimum absolute atomic E-state index is 0.686. The summed E-state index contributed by atoms with van der Waals surface area (Å²) in [5, 5.41) is 5.96. The van der Waals surface area contributed by atoms with Crippen LogP contribution in [0.25, 0.3) is 99.7 Å². The third-order valence-corrected chi connectivity index (χ3v) is 12.3. The van der Waals surface area contributed by atoms with E-state index in [1.54, 1.807) is 11.8 Å². The number of hydrogen-bond donors (Lipinski definition) is 0. The Labute approximate surface area is 321 Å². The molecule has 0 aliphatic carbocycles. The molecular weight excluding hydrogens is 689 g/mol. The van der Waals surface area contributed by atoms with E-state index in [1.165, 1.54) is 64.6 Å². The van der Waals surface area contributed by atoms with E-state index in [0.717, 1.165) is 38.9 Å². The third kappa shape index (κ3) is 4.60. The van der Waals surface area contributed by atoms with Crippen molar-refractivity contribution >= 4 is 66.3 Å². The molecule has 0 spiro atoms. The monoisotopic (exact) mass is 718 g/mol. The quantitative estimate of drug-likeness (QED) is 0.182. The predicted molar refractivity (Wildman–Crippen MR) is 229 cm³/mol. The highest BCUT2D eigenvalue weighted by molar-refractivity contribution is 7.99. The molecule has 256 valence electrons. The molecule has 0 saturated heterocycles. The summed E-state index contributed by atoms with van der Waals surface area (Å²) >= 11 is 1.80. The van der Waals surface area contributed by atoms with Crippen molar-refractivity contribution < 1.29 is 0 Å². The van der Waals surface area contributed by atoms with Crippen LogP contribution >= 0.6 is 11.8 Å². The molecule has 0 amide bonds. The van der Waals surface area contributed by atoms with Gasteiger partial charge in [0.25, 0.3) is 0 Å². The van der Waals surface area contributed by atoms with Crippen LogP contribution < -0.4 is 0 Å². The SMILES string of the molecule is c1ccc(-c2ccc(-n3c4ccccc4c4cc(-c5ccc6c(c5)c5ccccc5n6-c5nc6c7c(cccc7n5)Sc5ccccc5-6)ccc43)cc2)cc1. The smallest absolute Gasteiger partial charge is 0.235 e. The van der Waals surface area contributed by atoms with E-state index in [0.29, 0.717) is 5.95 Å².